The maximum Gasteiger partial charge on any atom is 0.283 e. The van der Waals surface area contributed by atoms with Crippen LogP contribution in [-0.2, 0) is 9.59 Å². The van der Waals surface area contributed by atoms with E-state index < -0.39 is 28.6 Å². The maximum atomic E-state index is 14.2. The van der Waals surface area contributed by atoms with Crippen molar-refractivity contribution in [3.05, 3.63) is 98.9 Å². The molecule has 0 bridgehead atoms. The number of nitrogens with zero attached hydrogens (tertiary/aromatic N) is 1. The molecule has 1 aliphatic rings. The third-order valence-corrected chi connectivity index (χ3v) is 5.88. The van der Waals surface area contributed by atoms with Crippen molar-refractivity contribution in [3.63, 3.8) is 0 Å². The number of imide groups is 1. The minimum absolute atomic E-state index is 0.196. The Morgan fingerprint density at radius 3 is 2.36 bits per heavy atom. The average molecular weight is 505 g/mol. The molecule has 0 aliphatic carbocycles. The van der Waals surface area contributed by atoms with Crippen LogP contribution in [0.15, 0.2) is 77.5 Å². The van der Waals surface area contributed by atoms with Gasteiger partial charge >= 0.3 is 0 Å². The second-order valence-electron chi connectivity index (χ2n) is 6.85. The number of carbonyl (C=O) groups excluding carboxylic acids is 3. The summed E-state index contributed by atoms with van der Waals surface area (Å²) in [6.07, 6.45) is 0. The van der Waals surface area contributed by atoms with E-state index in [1.807, 2.05) is 0 Å². The van der Waals surface area contributed by atoms with Crippen molar-refractivity contribution < 1.29 is 18.8 Å². The van der Waals surface area contributed by atoms with Crippen molar-refractivity contribution in [2.75, 3.05) is 15.5 Å². The molecule has 10 heteroatoms. The standard InChI is InChI=1S/C23H13Cl3FN3O3/c24-14-7-4-9-16(18(14)25)29-21(31)12-5-3-6-13(11-12)28-20-19(26)22(32)30(23(20)33)17-10-2-1-8-15(17)27/h1-11,28H,(H,29,31). The zero-order valence-electron chi connectivity index (χ0n) is 16.5. The summed E-state index contributed by atoms with van der Waals surface area (Å²) in [5.41, 5.74) is 0.421. The van der Waals surface area contributed by atoms with Gasteiger partial charge in [0.15, 0.2) is 0 Å². The minimum atomic E-state index is -0.862. The van der Waals surface area contributed by atoms with Crippen LogP contribution in [0.1, 0.15) is 10.4 Å². The van der Waals surface area contributed by atoms with Gasteiger partial charge in [0.25, 0.3) is 17.7 Å². The Kier molecular flexibility index (Phi) is 6.37. The van der Waals surface area contributed by atoms with Gasteiger partial charge in [0.05, 0.1) is 21.4 Å². The van der Waals surface area contributed by atoms with E-state index in [0.29, 0.717) is 16.3 Å². The number of anilines is 3. The number of carbonyl (C=O) groups is 3. The molecular formula is C23H13Cl3FN3O3. The molecule has 0 unspecified atom stereocenters. The van der Waals surface area contributed by atoms with Crippen molar-refractivity contribution in [1.29, 1.82) is 0 Å². The van der Waals surface area contributed by atoms with Crippen LogP contribution < -0.4 is 15.5 Å². The van der Waals surface area contributed by atoms with Gasteiger partial charge in [-0.05, 0) is 42.5 Å². The molecule has 0 fully saturated rings. The van der Waals surface area contributed by atoms with Gasteiger partial charge in [-0.1, -0.05) is 59.1 Å². The first-order chi connectivity index (χ1) is 15.8. The Labute approximate surface area is 202 Å². The largest absolute Gasteiger partial charge is 0.350 e. The first-order valence-electron chi connectivity index (χ1n) is 9.43. The molecule has 6 nitrogen and oxygen atoms in total. The predicted molar refractivity (Wildman–Crippen MR) is 126 cm³/mol. The fraction of sp³-hybridized carbons (Fsp3) is 0. The van der Waals surface area contributed by atoms with Gasteiger partial charge in [0.1, 0.15) is 16.5 Å². The highest BCUT2D eigenvalue weighted by Gasteiger charge is 2.40. The Morgan fingerprint density at radius 1 is 0.879 bits per heavy atom. The van der Waals surface area contributed by atoms with Crippen molar-refractivity contribution >= 4 is 69.6 Å². The van der Waals surface area contributed by atoms with E-state index in [2.05, 4.69) is 10.6 Å². The Balaban J connectivity index is 1.56. The van der Waals surface area contributed by atoms with Gasteiger partial charge in [0, 0.05) is 11.3 Å². The molecule has 3 aromatic rings. The summed E-state index contributed by atoms with van der Waals surface area (Å²) >= 11 is 18.2. The topological polar surface area (TPSA) is 78.5 Å². The third kappa shape index (κ3) is 4.43. The molecule has 0 atom stereocenters. The first-order valence-corrected chi connectivity index (χ1v) is 10.6. The molecule has 33 heavy (non-hydrogen) atoms. The summed E-state index contributed by atoms with van der Waals surface area (Å²) in [4.78, 5) is 38.7. The molecule has 0 saturated carbocycles. The SMILES string of the molecule is O=C(Nc1cccc(Cl)c1Cl)c1cccc(NC2=C(Cl)C(=O)N(c3ccccc3F)C2=O)c1. The van der Waals surface area contributed by atoms with Crippen molar-refractivity contribution in [2.24, 2.45) is 0 Å². The molecule has 1 heterocycles. The summed E-state index contributed by atoms with van der Waals surface area (Å²) < 4.78 is 14.2. The molecule has 3 amide bonds. The second kappa shape index (κ2) is 9.23. The zero-order chi connectivity index (χ0) is 23.7. The van der Waals surface area contributed by atoms with Crippen molar-refractivity contribution in [2.45, 2.75) is 0 Å². The highest BCUT2D eigenvalue weighted by atomic mass is 35.5. The number of amides is 3. The number of nitrogens with one attached hydrogen (secondary N) is 2. The van der Waals surface area contributed by atoms with Crippen molar-refractivity contribution in [3.8, 4) is 0 Å². The van der Waals surface area contributed by atoms with Crippen LogP contribution in [0.4, 0.5) is 21.5 Å². The zero-order valence-corrected chi connectivity index (χ0v) is 18.8. The van der Waals surface area contributed by atoms with Crippen LogP contribution in [0.3, 0.4) is 0 Å². The smallest absolute Gasteiger partial charge is 0.283 e. The van der Waals surface area contributed by atoms with Crippen LogP contribution in [0.5, 0.6) is 0 Å². The lowest BCUT2D eigenvalue weighted by Gasteiger charge is -2.15. The van der Waals surface area contributed by atoms with Gasteiger partial charge < -0.3 is 10.6 Å². The van der Waals surface area contributed by atoms with Gasteiger partial charge in [0.2, 0.25) is 0 Å². The fourth-order valence-electron chi connectivity index (χ4n) is 3.14. The summed E-state index contributed by atoms with van der Waals surface area (Å²) in [5, 5.41) is 5.50. The Hall–Kier alpha value is -3.39. The van der Waals surface area contributed by atoms with E-state index in [0.717, 1.165) is 6.07 Å². The molecule has 0 aromatic heterocycles. The average Bonchev–Trinajstić information content (AvgIpc) is 3.00. The fourth-order valence-corrected chi connectivity index (χ4v) is 3.70. The van der Waals surface area contributed by atoms with Gasteiger partial charge in [-0.25, -0.2) is 9.29 Å². The lowest BCUT2D eigenvalue weighted by molar-refractivity contribution is -0.120. The number of halogens is 4. The molecule has 0 spiro atoms. The molecule has 0 saturated heterocycles. The van der Waals surface area contributed by atoms with Crippen LogP contribution in [0, 0.1) is 5.82 Å². The van der Waals surface area contributed by atoms with Gasteiger partial charge in [-0.15, -0.1) is 0 Å². The minimum Gasteiger partial charge on any atom is -0.350 e. The summed E-state index contributed by atoms with van der Waals surface area (Å²) in [5.74, 6) is -2.91. The predicted octanol–water partition coefficient (Wildman–Crippen LogP) is 5.82. The van der Waals surface area contributed by atoms with E-state index in [1.165, 1.54) is 24.3 Å². The number of rotatable bonds is 5. The van der Waals surface area contributed by atoms with Crippen LogP contribution in [0.25, 0.3) is 0 Å². The van der Waals surface area contributed by atoms with E-state index in [1.54, 1.807) is 36.4 Å². The number of benzene rings is 3. The summed E-state index contributed by atoms with van der Waals surface area (Å²) in [6, 6.07) is 16.3. The van der Waals surface area contributed by atoms with E-state index in [9.17, 15) is 18.8 Å². The third-order valence-electron chi connectivity index (χ3n) is 4.71. The van der Waals surface area contributed by atoms with Gasteiger partial charge in [-0.3, -0.25) is 14.4 Å². The number of hydrogen-bond donors (Lipinski definition) is 2. The van der Waals surface area contributed by atoms with Gasteiger partial charge in [-0.2, -0.15) is 0 Å². The maximum absolute atomic E-state index is 14.2. The molecule has 166 valence electrons. The van der Waals surface area contributed by atoms with Crippen LogP contribution >= 0.6 is 34.8 Å². The molecule has 3 aromatic carbocycles. The van der Waals surface area contributed by atoms with Crippen molar-refractivity contribution in [1.82, 2.24) is 0 Å². The lowest BCUT2D eigenvalue weighted by atomic mass is 10.1. The van der Waals surface area contributed by atoms with E-state index in [-0.39, 0.29) is 27.0 Å². The monoisotopic (exact) mass is 503 g/mol. The van der Waals surface area contributed by atoms with Crippen LogP contribution in [0.2, 0.25) is 10.0 Å². The number of para-hydroxylation sites is 1. The molecular weight excluding hydrogens is 492 g/mol. The van der Waals surface area contributed by atoms with E-state index in [4.69, 9.17) is 34.8 Å². The van der Waals surface area contributed by atoms with E-state index >= 15 is 0 Å². The highest BCUT2D eigenvalue weighted by molar-refractivity contribution is 6.53. The molecule has 0 radical (unpaired) electrons. The first kappa shape index (κ1) is 22.8. The quantitative estimate of drug-likeness (QED) is 0.429. The molecule has 2 N–H and O–H groups in total. The highest BCUT2D eigenvalue weighted by Crippen LogP contribution is 2.32. The number of hydrogen-bond acceptors (Lipinski definition) is 4. The Morgan fingerprint density at radius 2 is 1.61 bits per heavy atom. The molecule has 4 rings (SSSR count). The second-order valence-corrected chi connectivity index (χ2v) is 8.01. The summed E-state index contributed by atoms with van der Waals surface area (Å²) in [6.45, 7) is 0. The Bertz CT molecular complexity index is 1340. The summed E-state index contributed by atoms with van der Waals surface area (Å²) in [7, 11) is 0. The molecule has 1 aliphatic heterocycles. The lowest BCUT2D eigenvalue weighted by Crippen LogP contribution is -2.33. The van der Waals surface area contributed by atoms with Crippen LogP contribution in [-0.4, -0.2) is 17.7 Å². The normalized spacial score (nSPS) is 13.5.